The largest absolute Gasteiger partial charge is 0.481 e. The van der Waals surface area contributed by atoms with Crippen molar-refractivity contribution in [1.82, 2.24) is 15.1 Å². The second-order valence-corrected chi connectivity index (χ2v) is 5.78. The average Bonchev–Trinajstić information content (AvgIpc) is 2.53. The fraction of sp³-hybridized carbons (Fsp3) is 0.786. The third kappa shape index (κ3) is 3.65. The van der Waals surface area contributed by atoms with E-state index in [2.05, 4.69) is 5.32 Å². The van der Waals surface area contributed by atoms with E-state index in [1.165, 1.54) is 0 Å². The van der Waals surface area contributed by atoms with Gasteiger partial charge in [-0.25, -0.2) is 4.79 Å². The lowest BCUT2D eigenvalue weighted by Crippen LogP contribution is -2.51. The maximum Gasteiger partial charge on any atom is 0.320 e. The Hall–Kier alpha value is -1.79. The van der Waals surface area contributed by atoms with Crippen LogP contribution < -0.4 is 5.32 Å². The molecule has 118 valence electrons. The molecular formula is C14H23N3O4. The van der Waals surface area contributed by atoms with Gasteiger partial charge in [0, 0.05) is 39.1 Å². The molecule has 0 spiro atoms. The number of aliphatic carboxylic acids is 1. The van der Waals surface area contributed by atoms with Crippen molar-refractivity contribution in [2.24, 2.45) is 11.8 Å². The Kier molecular flexibility index (Phi) is 5.03. The molecular weight excluding hydrogens is 274 g/mol. The minimum atomic E-state index is -0.828. The first-order valence-corrected chi connectivity index (χ1v) is 7.51. The summed E-state index contributed by atoms with van der Waals surface area (Å²) in [6.07, 6.45) is 2.71. The zero-order valence-corrected chi connectivity index (χ0v) is 12.4. The highest BCUT2D eigenvalue weighted by atomic mass is 16.4. The molecule has 7 heteroatoms. The summed E-state index contributed by atoms with van der Waals surface area (Å²) in [6, 6.07) is -0.0868. The highest BCUT2D eigenvalue weighted by Gasteiger charge is 2.33. The monoisotopic (exact) mass is 297 g/mol. The minimum Gasteiger partial charge on any atom is -0.481 e. The van der Waals surface area contributed by atoms with E-state index in [0.717, 1.165) is 6.42 Å². The third-order valence-electron chi connectivity index (χ3n) is 4.42. The molecule has 0 aliphatic carbocycles. The van der Waals surface area contributed by atoms with E-state index < -0.39 is 11.9 Å². The van der Waals surface area contributed by atoms with Crippen molar-refractivity contribution in [3.05, 3.63) is 0 Å². The number of hydrogen-bond acceptors (Lipinski definition) is 3. The van der Waals surface area contributed by atoms with Crippen LogP contribution in [0.1, 0.15) is 25.7 Å². The van der Waals surface area contributed by atoms with Crippen molar-refractivity contribution < 1.29 is 19.5 Å². The Morgan fingerprint density at radius 1 is 1.00 bits per heavy atom. The van der Waals surface area contributed by atoms with Crippen molar-refractivity contribution >= 4 is 17.9 Å². The van der Waals surface area contributed by atoms with Crippen LogP contribution in [0.25, 0.3) is 0 Å². The van der Waals surface area contributed by atoms with Crippen molar-refractivity contribution in [1.29, 1.82) is 0 Å². The molecule has 1 atom stereocenters. The molecule has 2 aliphatic heterocycles. The van der Waals surface area contributed by atoms with Gasteiger partial charge >= 0.3 is 12.0 Å². The molecule has 0 saturated carbocycles. The number of likely N-dealkylation sites (tertiary alicyclic amines) is 2. The smallest absolute Gasteiger partial charge is 0.320 e. The Bertz CT molecular complexity index is 418. The highest BCUT2D eigenvalue weighted by Crippen LogP contribution is 2.22. The average molecular weight is 297 g/mol. The van der Waals surface area contributed by atoms with Crippen molar-refractivity contribution in [2.45, 2.75) is 25.7 Å². The molecule has 2 rings (SSSR count). The summed E-state index contributed by atoms with van der Waals surface area (Å²) in [4.78, 5) is 38.4. The lowest BCUT2D eigenvalue weighted by atomic mass is 9.95. The zero-order chi connectivity index (χ0) is 15.4. The number of nitrogens with zero attached hydrogens (tertiary/aromatic N) is 2. The van der Waals surface area contributed by atoms with Crippen LogP contribution in [0.3, 0.4) is 0 Å². The highest BCUT2D eigenvalue weighted by molar-refractivity contribution is 5.79. The van der Waals surface area contributed by atoms with E-state index in [1.807, 2.05) is 0 Å². The molecule has 0 unspecified atom stereocenters. The van der Waals surface area contributed by atoms with Gasteiger partial charge in [0.15, 0.2) is 0 Å². The first-order valence-electron chi connectivity index (χ1n) is 7.51. The predicted octanol–water partition coefficient (Wildman–Crippen LogP) is 0.361. The van der Waals surface area contributed by atoms with Crippen LogP contribution in [0.15, 0.2) is 0 Å². The van der Waals surface area contributed by atoms with Crippen LogP contribution in [0, 0.1) is 11.8 Å². The summed E-state index contributed by atoms with van der Waals surface area (Å²) in [5.74, 6) is -1.27. The normalized spacial score (nSPS) is 23.8. The number of nitrogens with one attached hydrogen (secondary N) is 1. The van der Waals surface area contributed by atoms with Crippen molar-refractivity contribution in [3.63, 3.8) is 0 Å². The second kappa shape index (κ2) is 6.78. The summed E-state index contributed by atoms with van der Waals surface area (Å²) in [6.45, 7) is 2.04. The SMILES string of the molecule is CNC(=O)C1CCN(C(=O)N2CCC[C@@H](C(=O)O)C2)CC1. The molecule has 0 radical (unpaired) electrons. The van der Waals surface area contributed by atoms with Gasteiger partial charge in [0.1, 0.15) is 0 Å². The van der Waals surface area contributed by atoms with Gasteiger partial charge < -0.3 is 20.2 Å². The van der Waals surface area contributed by atoms with Gasteiger partial charge in [-0.3, -0.25) is 9.59 Å². The minimum absolute atomic E-state index is 0.0211. The number of carboxylic acid groups (broad SMARTS) is 1. The summed E-state index contributed by atoms with van der Waals surface area (Å²) < 4.78 is 0. The maximum atomic E-state index is 12.4. The molecule has 2 N–H and O–H groups in total. The summed E-state index contributed by atoms with van der Waals surface area (Å²) in [7, 11) is 1.62. The number of piperidine rings is 2. The van der Waals surface area contributed by atoms with Gasteiger partial charge in [-0.1, -0.05) is 0 Å². The van der Waals surface area contributed by atoms with E-state index in [1.54, 1.807) is 16.8 Å². The molecule has 0 aromatic rings. The van der Waals surface area contributed by atoms with Gasteiger partial charge in [-0.05, 0) is 25.7 Å². The lowest BCUT2D eigenvalue weighted by molar-refractivity contribution is -0.143. The number of carboxylic acids is 1. The van der Waals surface area contributed by atoms with Gasteiger partial charge in [0.05, 0.1) is 5.92 Å². The zero-order valence-electron chi connectivity index (χ0n) is 12.4. The van der Waals surface area contributed by atoms with Crippen LogP contribution in [0.2, 0.25) is 0 Å². The molecule has 2 heterocycles. The van der Waals surface area contributed by atoms with Crippen molar-refractivity contribution in [3.8, 4) is 0 Å². The Labute approximate surface area is 124 Å². The second-order valence-electron chi connectivity index (χ2n) is 5.78. The molecule has 0 bridgehead atoms. The van der Waals surface area contributed by atoms with Crippen molar-refractivity contribution in [2.75, 3.05) is 33.2 Å². The van der Waals surface area contributed by atoms with E-state index in [9.17, 15) is 14.4 Å². The first kappa shape index (κ1) is 15.6. The predicted molar refractivity (Wildman–Crippen MR) is 75.7 cm³/mol. The van der Waals surface area contributed by atoms with Gasteiger partial charge in [-0.2, -0.15) is 0 Å². The fourth-order valence-electron chi connectivity index (χ4n) is 3.09. The molecule has 2 saturated heterocycles. The molecule has 0 aromatic heterocycles. The van der Waals surface area contributed by atoms with Crippen LogP contribution in [-0.4, -0.2) is 66.0 Å². The summed E-state index contributed by atoms with van der Waals surface area (Å²) in [5, 5.41) is 11.7. The Morgan fingerprint density at radius 3 is 2.24 bits per heavy atom. The van der Waals surface area contributed by atoms with E-state index in [-0.39, 0.29) is 17.9 Å². The van der Waals surface area contributed by atoms with Gasteiger partial charge in [-0.15, -0.1) is 0 Å². The Balaban J connectivity index is 1.87. The standard InChI is InChI=1S/C14H23N3O4/c1-15-12(18)10-4-7-16(8-5-10)14(21)17-6-2-3-11(9-17)13(19)20/h10-11H,2-9H2,1H3,(H,15,18)(H,19,20)/t11-/m1/s1. The topological polar surface area (TPSA) is 90.0 Å². The lowest BCUT2D eigenvalue weighted by Gasteiger charge is -2.38. The number of urea groups is 1. The fourth-order valence-corrected chi connectivity index (χ4v) is 3.09. The maximum absolute atomic E-state index is 12.4. The van der Waals surface area contributed by atoms with Gasteiger partial charge in [0.25, 0.3) is 0 Å². The number of hydrogen-bond donors (Lipinski definition) is 2. The summed E-state index contributed by atoms with van der Waals surface area (Å²) in [5.41, 5.74) is 0. The molecule has 2 aliphatic rings. The van der Waals surface area contributed by atoms with E-state index in [4.69, 9.17) is 5.11 Å². The molecule has 3 amide bonds. The summed E-state index contributed by atoms with van der Waals surface area (Å²) >= 11 is 0. The number of carbonyl (C=O) groups excluding carboxylic acids is 2. The number of amides is 3. The quantitative estimate of drug-likeness (QED) is 0.770. The third-order valence-corrected chi connectivity index (χ3v) is 4.42. The first-order chi connectivity index (χ1) is 10.0. The van der Waals surface area contributed by atoms with E-state index in [0.29, 0.717) is 45.4 Å². The Morgan fingerprint density at radius 2 is 1.67 bits per heavy atom. The molecule has 7 nitrogen and oxygen atoms in total. The number of carbonyl (C=O) groups is 3. The molecule has 21 heavy (non-hydrogen) atoms. The van der Waals surface area contributed by atoms with Crippen LogP contribution in [-0.2, 0) is 9.59 Å². The molecule has 0 aromatic carbocycles. The van der Waals surface area contributed by atoms with Crippen LogP contribution in [0.5, 0.6) is 0 Å². The van der Waals surface area contributed by atoms with Crippen LogP contribution >= 0.6 is 0 Å². The van der Waals surface area contributed by atoms with Crippen LogP contribution in [0.4, 0.5) is 4.79 Å². The number of rotatable bonds is 2. The van der Waals surface area contributed by atoms with E-state index >= 15 is 0 Å². The van der Waals surface area contributed by atoms with Gasteiger partial charge in [0.2, 0.25) is 5.91 Å². The molecule has 2 fully saturated rings.